The summed E-state index contributed by atoms with van der Waals surface area (Å²) in [7, 11) is 0. The van der Waals surface area contributed by atoms with Gasteiger partial charge in [-0.3, -0.25) is 29.7 Å². The molecule has 0 spiro atoms. The van der Waals surface area contributed by atoms with E-state index in [1.54, 1.807) is 29.8 Å². The number of amides is 1. The number of aromatic nitrogens is 4. The van der Waals surface area contributed by atoms with E-state index in [0.717, 1.165) is 5.56 Å². The number of hydrazine groups is 1. The van der Waals surface area contributed by atoms with E-state index < -0.39 is 0 Å². The Morgan fingerprint density at radius 2 is 1.81 bits per heavy atom. The Morgan fingerprint density at radius 3 is 2.56 bits per heavy atom. The molecule has 0 saturated carbocycles. The Balaban J connectivity index is 1.58. The molecule has 0 bridgehead atoms. The van der Waals surface area contributed by atoms with Gasteiger partial charge in [0, 0.05) is 17.3 Å². The monoisotopic (exact) mass is 450 g/mol. The van der Waals surface area contributed by atoms with E-state index in [1.165, 1.54) is 4.57 Å². The molecule has 2 aromatic carbocycles. The van der Waals surface area contributed by atoms with Crippen LogP contribution in [-0.4, -0.2) is 25.2 Å². The van der Waals surface area contributed by atoms with E-state index in [1.807, 2.05) is 44.2 Å². The minimum absolute atomic E-state index is 0.172. The lowest BCUT2D eigenvalue weighted by Gasteiger charge is -2.14. The SMILES string of the molecule is CCn1c(NNC(=O)c2c(C)nn(Cc3ccccc3Cl)c2C)nc2ccccc2c1=O. The number of carbonyl (C=O) groups excluding carboxylic acids is 1. The second-order valence-corrected chi connectivity index (χ2v) is 7.78. The molecule has 0 aliphatic carbocycles. The number of carbonyl (C=O) groups is 1. The van der Waals surface area contributed by atoms with Crippen LogP contribution in [0.15, 0.2) is 53.3 Å². The Bertz CT molecular complexity index is 1370. The molecule has 0 radical (unpaired) electrons. The molecule has 0 saturated heterocycles. The summed E-state index contributed by atoms with van der Waals surface area (Å²) in [6, 6.07) is 14.6. The molecule has 164 valence electrons. The molecule has 9 heteroatoms. The van der Waals surface area contributed by atoms with Crippen molar-refractivity contribution in [1.29, 1.82) is 0 Å². The van der Waals surface area contributed by atoms with Gasteiger partial charge in [0.2, 0.25) is 5.95 Å². The highest BCUT2D eigenvalue weighted by molar-refractivity contribution is 6.31. The number of nitrogens with zero attached hydrogens (tertiary/aromatic N) is 4. The third kappa shape index (κ3) is 3.97. The van der Waals surface area contributed by atoms with Crippen LogP contribution in [0, 0.1) is 13.8 Å². The van der Waals surface area contributed by atoms with Gasteiger partial charge in [-0.1, -0.05) is 41.9 Å². The van der Waals surface area contributed by atoms with Gasteiger partial charge in [-0.15, -0.1) is 0 Å². The number of para-hydroxylation sites is 1. The van der Waals surface area contributed by atoms with E-state index >= 15 is 0 Å². The first-order chi connectivity index (χ1) is 15.4. The molecule has 2 aromatic heterocycles. The van der Waals surface area contributed by atoms with Crippen LogP contribution >= 0.6 is 11.6 Å². The van der Waals surface area contributed by atoms with Crippen LogP contribution in [-0.2, 0) is 13.1 Å². The van der Waals surface area contributed by atoms with Crippen molar-refractivity contribution in [2.75, 3.05) is 5.43 Å². The van der Waals surface area contributed by atoms with Crippen LogP contribution in [0.3, 0.4) is 0 Å². The van der Waals surface area contributed by atoms with E-state index in [-0.39, 0.29) is 17.4 Å². The zero-order chi connectivity index (χ0) is 22.8. The first-order valence-corrected chi connectivity index (χ1v) is 10.6. The van der Waals surface area contributed by atoms with Crippen LogP contribution in [0.1, 0.15) is 34.2 Å². The van der Waals surface area contributed by atoms with Crippen molar-refractivity contribution in [3.05, 3.63) is 86.4 Å². The lowest BCUT2D eigenvalue weighted by atomic mass is 10.2. The molecule has 8 nitrogen and oxygen atoms in total. The molecule has 32 heavy (non-hydrogen) atoms. The highest BCUT2D eigenvalue weighted by atomic mass is 35.5. The highest BCUT2D eigenvalue weighted by Gasteiger charge is 2.20. The maximum Gasteiger partial charge on any atom is 0.273 e. The maximum absolute atomic E-state index is 13.0. The van der Waals surface area contributed by atoms with Gasteiger partial charge in [-0.25, -0.2) is 4.98 Å². The number of hydrogen-bond acceptors (Lipinski definition) is 5. The van der Waals surface area contributed by atoms with Crippen molar-refractivity contribution in [2.45, 2.75) is 33.9 Å². The molecule has 2 heterocycles. The average molecular weight is 451 g/mol. The molecular formula is C23H23ClN6O2. The largest absolute Gasteiger partial charge is 0.277 e. The Hall–Kier alpha value is -3.65. The fourth-order valence-corrected chi connectivity index (χ4v) is 3.89. The van der Waals surface area contributed by atoms with Gasteiger partial charge >= 0.3 is 0 Å². The Labute approximate surface area is 189 Å². The minimum Gasteiger partial charge on any atom is -0.277 e. The molecule has 0 atom stereocenters. The van der Waals surface area contributed by atoms with Crippen LogP contribution in [0.25, 0.3) is 10.9 Å². The van der Waals surface area contributed by atoms with Gasteiger partial charge in [0.25, 0.3) is 11.5 Å². The number of nitrogens with one attached hydrogen (secondary N) is 2. The van der Waals surface area contributed by atoms with Crippen molar-refractivity contribution in [3.8, 4) is 0 Å². The van der Waals surface area contributed by atoms with Gasteiger partial charge in [-0.05, 0) is 44.5 Å². The number of hydrogen-bond donors (Lipinski definition) is 2. The van der Waals surface area contributed by atoms with Crippen molar-refractivity contribution >= 4 is 34.4 Å². The molecule has 0 aliphatic rings. The molecule has 0 aliphatic heterocycles. The van der Waals surface area contributed by atoms with E-state index in [2.05, 4.69) is 20.9 Å². The lowest BCUT2D eigenvalue weighted by molar-refractivity contribution is 0.0960. The standard InChI is InChI=1S/C23H23ClN6O2/c1-4-29-22(32)17-10-6-8-12-19(17)25-23(29)27-26-21(31)20-14(2)28-30(15(20)3)13-16-9-5-7-11-18(16)24/h5-12H,4,13H2,1-3H3,(H,25,27)(H,26,31). The van der Waals surface area contributed by atoms with Crippen LogP contribution in [0.2, 0.25) is 5.02 Å². The second kappa shape index (κ2) is 8.84. The summed E-state index contributed by atoms with van der Waals surface area (Å²) in [5.74, 6) is -0.0983. The molecule has 4 rings (SSSR count). The van der Waals surface area contributed by atoms with Crippen LogP contribution in [0.4, 0.5) is 5.95 Å². The first-order valence-electron chi connectivity index (χ1n) is 10.2. The van der Waals surface area contributed by atoms with Crippen molar-refractivity contribution in [2.24, 2.45) is 0 Å². The topological polar surface area (TPSA) is 93.8 Å². The summed E-state index contributed by atoms with van der Waals surface area (Å²) in [6.45, 7) is 6.32. The highest BCUT2D eigenvalue weighted by Crippen LogP contribution is 2.19. The average Bonchev–Trinajstić information content (AvgIpc) is 3.06. The molecule has 0 unspecified atom stereocenters. The summed E-state index contributed by atoms with van der Waals surface area (Å²) in [4.78, 5) is 30.2. The molecule has 1 amide bonds. The fraction of sp³-hybridized carbons (Fsp3) is 0.217. The zero-order valence-corrected chi connectivity index (χ0v) is 18.8. The summed E-state index contributed by atoms with van der Waals surface area (Å²) < 4.78 is 3.23. The Morgan fingerprint density at radius 1 is 1.09 bits per heavy atom. The van der Waals surface area contributed by atoms with Gasteiger partial charge in [0.05, 0.1) is 28.7 Å². The minimum atomic E-state index is -0.365. The normalized spacial score (nSPS) is 11.0. The predicted octanol–water partition coefficient (Wildman–Crippen LogP) is 3.69. The smallest absolute Gasteiger partial charge is 0.273 e. The summed E-state index contributed by atoms with van der Waals surface area (Å²) in [5, 5.41) is 5.68. The number of fused-ring (bicyclic) bond motifs is 1. The second-order valence-electron chi connectivity index (χ2n) is 7.38. The predicted molar refractivity (Wildman–Crippen MR) is 125 cm³/mol. The zero-order valence-electron chi connectivity index (χ0n) is 18.0. The molecular weight excluding hydrogens is 428 g/mol. The van der Waals surface area contributed by atoms with Gasteiger partial charge in [0.15, 0.2) is 0 Å². The van der Waals surface area contributed by atoms with Gasteiger partial charge in [-0.2, -0.15) is 5.10 Å². The number of rotatable bonds is 6. The fourth-order valence-electron chi connectivity index (χ4n) is 3.70. The quantitative estimate of drug-likeness (QED) is 0.437. The molecule has 4 aromatic rings. The molecule has 0 fully saturated rings. The summed E-state index contributed by atoms with van der Waals surface area (Å²) in [6.07, 6.45) is 0. The lowest BCUT2D eigenvalue weighted by Crippen LogP contribution is -2.34. The number of halogens is 1. The maximum atomic E-state index is 13.0. The number of anilines is 1. The molecule has 2 N–H and O–H groups in total. The van der Waals surface area contributed by atoms with Gasteiger partial charge in [0.1, 0.15) is 0 Å². The van der Waals surface area contributed by atoms with E-state index in [4.69, 9.17) is 11.6 Å². The Kier molecular flexibility index (Phi) is 5.96. The number of benzene rings is 2. The van der Waals surface area contributed by atoms with Crippen molar-refractivity contribution in [3.63, 3.8) is 0 Å². The van der Waals surface area contributed by atoms with Crippen molar-refractivity contribution < 1.29 is 4.79 Å². The van der Waals surface area contributed by atoms with E-state index in [9.17, 15) is 9.59 Å². The van der Waals surface area contributed by atoms with E-state index in [0.29, 0.717) is 46.0 Å². The van der Waals surface area contributed by atoms with Crippen LogP contribution in [0.5, 0.6) is 0 Å². The number of aryl methyl sites for hydroxylation is 1. The third-order valence-corrected chi connectivity index (χ3v) is 5.72. The summed E-state index contributed by atoms with van der Waals surface area (Å²) in [5.41, 5.74) is 8.53. The summed E-state index contributed by atoms with van der Waals surface area (Å²) >= 11 is 6.27. The van der Waals surface area contributed by atoms with Crippen LogP contribution < -0.4 is 16.4 Å². The van der Waals surface area contributed by atoms with Crippen molar-refractivity contribution in [1.82, 2.24) is 24.8 Å². The third-order valence-electron chi connectivity index (χ3n) is 5.35. The first kappa shape index (κ1) is 21.6. The van der Waals surface area contributed by atoms with Gasteiger partial charge < -0.3 is 0 Å².